The van der Waals surface area contributed by atoms with Crippen molar-refractivity contribution in [3.8, 4) is 5.75 Å². The third-order valence-electron chi connectivity index (χ3n) is 6.87. The van der Waals surface area contributed by atoms with E-state index in [1.807, 2.05) is 24.3 Å². The van der Waals surface area contributed by atoms with Crippen LogP contribution in [0.25, 0.3) is 0 Å². The number of hydrogen-bond acceptors (Lipinski definition) is 5. The van der Waals surface area contributed by atoms with E-state index in [1.165, 1.54) is 17.8 Å². The molecule has 3 rings (SSSR count). The van der Waals surface area contributed by atoms with E-state index in [0.29, 0.717) is 11.4 Å². The van der Waals surface area contributed by atoms with Crippen molar-refractivity contribution in [3.05, 3.63) is 58.6 Å². The molecule has 2 amide bonds. The molecule has 1 fully saturated rings. The van der Waals surface area contributed by atoms with E-state index < -0.39 is 16.1 Å². The molecular formula is C28H38BrN3O5S. The second-order valence-electron chi connectivity index (χ2n) is 9.78. The average molecular weight is 609 g/mol. The molecule has 8 nitrogen and oxygen atoms in total. The van der Waals surface area contributed by atoms with Crippen LogP contribution in [0, 0.1) is 0 Å². The molecule has 0 radical (unpaired) electrons. The topological polar surface area (TPSA) is 96.0 Å². The second-order valence-corrected chi connectivity index (χ2v) is 12.6. The number of halogens is 1. The molecular weight excluding hydrogens is 570 g/mol. The number of sulfonamides is 1. The first-order valence-electron chi connectivity index (χ1n) is 13.0. The normalized spacial score (nSPS) is 14.9. The van der Waals surface area contributed by atoms with E-state index in [4.69, 9.17) is 4.74 Å². The van der Waals surface area contributed by atoms with E-state index in [-0.39, 0.29) is 43.8 Å². The van der Waals surface area contributed by atoms with Crippen LogP contribution in [-0.2, 0) is 26.2 Å². The highest BCUT2D eigenvalue weighted by atomic mass is 79.9. The Morgan fingerprint density at radius 3 is 2.47 bits per heavy atom. The average Bonchev–Trinajstić information content (AvgIpc) is 2.89. The maximum absolute atomic E-state index is 13.5. The van der Waals surface area contributed by atoms with Gasteiger partial charge in [-0.3, -0.25) is 13.9 Å². The van der Waals surface area contributed by atoms with E-state index >= 15 is 0 Å². The van der Waals surface area contributed by atoms with E-state index in [1.54, 1.807) is 36.1 Å². The number of carbonyl (C=O) groups is 2. The third kappa shape index (κ3) is 8.46. The number of methoxy groups -OCH3 is 1. The number of para-hydroxylation sites is 2. The number of ether oxygens (including phenoxy) is 1. The molecule has 0 aromatic heterocycles. The number of nitrogens with zero attached hydrogens (tertiary/aromatic N) is 2. The molecule has 38 heavy (non-hydrogen) atoms. The van der Waals surface area contributed by atoms with Crippen LogP contribution in [-0.4, -0.2) is 57.1 Å². The molecule has 0 heterocycles. The highest BCUT2D eigenvalue weighted by Gasteiger charge is 2.28. The number of anilines is 1. The molecule has 10 heteroatoms. The highest BCUT2D eigenvalue weighted by molar-refractivity contribution is 9.10. The van der Waals surface area contributed by atoms with Crippen LogP contribution in [0.2, 0.25) is 0 Å². The Balaban J connectivity index is 1.73. The first-order valence-corrected chi connectivity index (χ1v) is 15.7. The van der Waals surface area contributed by atoms with Gasteiger partial charge in [0.05, 0.1) is 19.1 Å². The van der Waals surface area contributed by atoms with Crippen molar-refractivity contribution in [2.75, 3.05) is 24.2 Å². The van der Waals surface area contributed by atoms with Crippen molar-refractivity contribution < 1.29 is 22.7 Å². The van der Waals surface area contributed by atoms with Crippen molar-refractivity contribution in [3.63, 3.8) is 0 Å². The van der Waals surface area contributed by atoms with Gasteiger partial charge in [-0.05, 0) is 56.0 Å². The third-order valence-corrected chi connectivity index (χ3v) is 8.54. The SMILES string of the molecule is COc1ccccc1N(CCCC(=O)N(Cc1cccc(Br)c1)[C@@H](C)C(=O)NC1CCCCC1)S(C)(=O)=O. The van der Waals surface area contributed by atoms with Gasteiger partial charge in [0.25, 0.3) is 0 Å². The first-order chi connectivity index (χ1) is 18.1. The van der Waals surface area contributed by atoms with Gasteiger partial charge < -0.3 is 15.0 Å². The monoisotopic (exact) mass is 607 g/mol. The van der Waals surface area contributed by atoms with E-state index in [9.17, 15) is 18.0 Å². The van der Waals surface area contributed by atoms with Gasteiger partial charge in [0, 0.05) is 30.0 Å². The fourth-order valence-corrected chi connectivity index (χ4v) is 6.22. The van der Waals surface area contributed by atoms with E-state index in [2.05, 4.69) is 21.2 Å². The predicted octanol–water partition coefficient (Wildman–Crippen LogP) is 4.87. The van der Waals surface area contributed by atoms with Crippen LogP contribution in [0.5, 0.6) is 5.75 Å². The Morgan fingerprint density at radius 1 is 1.11 bits per heavy atom. The number of amides is 2. The quantitative estimate of drug-likeness (QED) is 0.371. The minimum atomic E-state index is -3.61. The molecule has 208 valence electrons. The maximum atomic E-state index is 13.5. The van der Waals surface area contributed by atoms with Crippen molar-refractivity contribution in [1.29, 1.82) is 0 Å². The Bertz CT molecular complexity index is 1200. The van der Waals surface area contributed by atoms with Crippen molar-refractivity contribution in [1.82, 2.24) is 10.2 Å². The van der Waals surface area contributed by atoms with Crippen LogP contribution in [0.3, 0.4) is 0 Å². The van der Waals surface area contributed by atoms with Gasteiger partial charge in [0.2, 0.25) is 21.8 Å². The lowest BCUT2D eigenvalue weighted by molar-refractivity contribution is -0.141. The van der Waals surface area contributed by atoms with Crippen LogP contribution in [0.15, 0.2) is 53.0 Å². The van der Waals surface area contributed by atoms with Gasteiger partial charge in [0.15, 0.2) is 0 Å². The lowest BCUT2D eigenvalue weighted by Gasteiger charge is -2.31. The molecule has 0 aliphatic heterocycles. The fraction of sp³-hybridized carbons (Fsp3) is 0.500. The van der Waals surface area contributed by atoms with Crippen molar-refractivity contribution >= 4 is 43.5 Å². The standard InChI is InChI=1S/C28H38BrN3O5S/c1-21(28(34)30-24-13-5-4-6-14-24)31(20-22-11-9-12-23(29)19-22)27(33)17-10-18-32(38(3,35)36)25-15-7-8-16-26(25)37-2/h7-9,11-12,15-16,19,21,24H,4-6,10,13-14,17-18,20H2,1-3H3,(H,30,34)/t21-/m0/s1. The first kappa shape index (κ1) is 30.0. The summed E-state index contributed by atoms with van der Waals surface area (Å²) in [5, 5.41) is 3.14. The summed E-state index contributed by atoms with van der Waals surface area (Å²) < 4.78 is 32.7. The summed E-state index contributed by atoms with van der Waals surface area (Å²) in [6, 6.07) is 14.0. The number of hydrogen-bond donors (Lipinski definition) is 1. The van der Waals surface area contributed by atoms with Crippen LogP contribution in [0.4, 0.5) is 5.69 Å². The maximum Gasteiger partial charge on any atom is 0.242 e. The molecule has 0 saturated heterocycles. The second kappa shape index (κ2) is 14.0. The van der Waals surface area contributed by atoms with Gasteiger partial charge in [-0.15, -0.1) is 0 Å². The number of carbonyl (C=O) groups excluding carboxylic acids is 2. The van der Waals surface area contributed by atoms with Crippen LogP contribution in [0.1, 0.15) is 57.4 Å². The molecule has 2 aromatic rings. The minimum absolute atomic E-state index is 0.0935. The zero-order valence-electron chi connectivity index (χ0n) is 22.4. The Labute approximate surface area is 234 Å². The largest absolute Gasteiger partial charge is 0.495 e. The van der Waals surface area contributed by atoms with Gasteiger partial charge in [0.1, 0.15) is 11.8 Å². The fourth-order valence-electron chi connectivity index (χ4n) is 4.80. The molecule has 1 N–H and O–H groups in total. The molecule has 1 saturated carbocycles. The molecule has 1 aliphatic rings. The Hall–Kier alpha value is -2.59. The Kier molecular flexibility index (Phi) is 11.0. The van der Waals surface area contributed by atoms with Gasteiger partial charge >= 0.3 is 0 Å². The summed E-state index contributed by atoms with van der Waals surface area (Å²) in [6.07, 6.45) is 6.83. The highest BCUT2D eigenvalue weighted by Crippen LogP contribution is 2.30. The summed E-state index contributed by atoms with van der Waals surface area (Å²) in [4.78, 5) is 28.3. The molecule has 0 spiro atoms. The zero-order chi connectivity index (χ0) is 27.7. The van der Waals surface area contributed by atoms with E-state index in [0.717, 1.165) is 42.0 Å². The lowest BCUT2D eigenvalue weighted by atomic mass is 9.95. The predicted molar refractivity (Wildman–Crippen MR) is 154 cm³/mol. The summed E-state index contributed by atoms with van der Waals surface area (Å²) in [6.45, 7) is 2.14. The summed E-state index contributed by atoms with van der Waals surface area (Å²) in [5.41, 5.74) is 1.33. The van der Waals surface area contributed by atoms with Crippen molar-refractivity contribution in [2.24, 2.45) is 0 Å². The smallest absolute Gasteiger partial charge is 0.242 e. The van der Waals surface area contributed by atoms with Crippen LogP contribution >= 0.6 is 15.9 Å². The van der Waals surface area contributed by atoms with Gasteiger partial charge in [-0.2, -0.15) is 0 Å². The number of benzene rings is 2. The summed E-state index contributed by atoms with van der Waals surface area (Å²) in [7, 11) is -2.12. The summed E-state index contributed by atoms with van der Waals surface area (Å²) >= 11 is 3.48. The number of rotatable bonds is 12. The molecule has 0 unspecified atom stereocenters. The van der Waals surface area contributed by atoms with Gasteiger partial charge in [-0.25, -0.2) is 8.42 Å². The Morgan fingerprint density at radius 2 is 1.82 bits per heavy atom. The number of nitrogens with one attached hydrogen (secondary N) is 1. The zero-order valence-corrected chi connectivity index (χ0v) is 24.8. The summed E-state index contributed by atoms with van der Waals surface area (Å²) in [5.74, 6) is 0.0744. The molecule has 1 aliphatic carbocycles. The van der Waals surface area contributed by atoms with Crippen molar-refractivity contribution in [2.45, 2.75) is 70.5 Å². The minimum Gasteiger partial charge on any atom is -0.495 e. The van der Waals surface area contributed by atoms with Gasteiger partial charge in [-0.1, -0.05) is 59.5 Å². The van der Waals surface area contributed by atoms with Crippen LogP contribution < -0.4 is 14.4 Å². The molecule has 2 aromatic carbocycles. The molecule has 1 atom stereocenters. The lowest BCUT2D eigenvalue weighted by Crippen LogP contribution is -2.50. The molecule has 0 bridgehead atoms.